The predicted octanol–water partition coefficient (Wildman–Crippen LogP) is 4.48. The van der Waals surface area contributed by atoms with Crippen LogP contribution < -0.4 is 10.2 Å². The first-order chi connectivity index (χ1) is 12.1. The van der Waals surface area contributed by atoms with E-state index < -0.39 is 0 Å². The fraction of sp³-hybridized carbons (Fsp3) is 0.100. The Morgan fingerprint density at radius 2 is 1.84 bits per heavy atom. The second-order valence-electron chi connectivity index (χ2n) is 5.14. The normalized spacial score (nSPS) is 11.8. The number of hydrazone groups is 1. The highest BCUT2D eigenvalue weighted by Crippen LogP contribution is 2.22. The average Bonchev–Trinajstić information content (AvgIpc) is 2.64. The van der Waals surface area contributed by atoms with Crippen LogP contribution in [0, 0.1) is 0 Å². The molecule has 0 fully saturated rings. The molecule has 25 heavy (non-hydrogen) atoms. The van der Waals surface area contributed by atoms with Gasteiger partial charge >= 0.3 is 0 Å². The molecule has 0 aliphatic heterocycles. The minimum absolute atomic E-state index is 0.155. The van der Waals surface area contributed by atoms with E-state index in [2.05, 4.69) is 10.5 Å². The lowest BCUT2D eigenvalue weighted by Crippen LogP contribution is -2.25. The number of allylic oxidation sites excluding steroid dienone is 3. The minimum atomic E-state index is -0.354. The SMILES string of the molecule is CC(/C=C/C=C/c1ccccc1)=N\NC(=O)COc1ccccc1Cl. The molecule has 1 amide bonds. The van der Waals surface area contributed by atoms with Gasteiger partial charge in [-0.25, -0.2) is 5.43 Å². The molecule has 0 saturated heterocycles. The van der Waals surface area contributed by atoms with Gasteiger partial charge in [0.05, 0.1) is 10.7 Å². The van der Waals surface area contributed by atoms with Crippen molar-refractivity contribution in [2.24, 2.45) is 5.10 Å². The summed E-state index contributed by atoms with van der Waals surface area (Å²) in [4.78, 5) is 11.7. The highest BCUT2D eigenvalue weighted by atomic mass is 35.5. The van der Waals surface area contributed by atoms with Crippen LogP contribution in [0.4, 0.5) is 0 Å². The van der Waals surface area contributed by atoms with Gasteiger partial charge in [0.1, 0.15) is 5.75 Å². The van der Waals surface area contributed by atoms with E-state index in [1.165, 1.54) is 0 Å². The third kappa shape index (κ3) is 7.06. The Balaban J connectivity index is 1.76. The van der Waals surface area contributed by atoms with Crippen LogP contribution in [0.3, 0.4) is 0 Å². The Kier molecular flexibility index (Phi) is 7.47. The number of amides is 1. The first-order valence-electron chi connectivity index (χ1n) is 7.75. The van der Waals surface area contributed by atoms with E-state index in [1.54, 1.807) is 37.3 Å². The van der Waals surface area contributed by atoms with Crippen molar-refractivity contribution in [2.75, 3.05) is 6.61 Å². The van der Waals surface area contributed by atoms with E-state index >= 15 is 0 Å². The molecule has 0 atom stereocenters. The Morgan fingerprint density at radius 1 is 1.12 bits per heavy atom. The van der Waals surface area contributed by atoms with Gasteiger partial charge in [-0.05, 0) is 30.7 Å². The number of rotatable bonds is 7. The van der Waals surface area contributed by atoms with Gasteiger partial charge in [0, 0.05) is 0 Å². The molecule has 0 unspecified atom stereocenters. The highest BCUT2D eigenvalue weighted by molar-refractivity contribution is 6.32. The van der Waals surface area contributed by atoms with Crippen molar-refractivity contribution in [3.8, 4) is 5.75 Å². The van der Waals surface area contributed by atoms with Gasteiger partial charge in [0.25, 0.3) is 5.91 Å². The average molecular weight is 355 g/mol. The molecule has 0 heterocycles. The fourth-order valence-corrected chi connectivity index (χ4v) is 2.04. The summed E-state index contributed by atoms with van der Waals surface area (Å²) in [5.74, 6) is 0.110. The van der Waals surface area contributed by atoms with Gasteiger partial charge in [-0.2, -0.15) is 5.10 Å². The van der Waals surface area contributed by atoms with E-state index in [9.17, 15) is 4.79 Å². The maximum atomic E-state index is 11.7. The lowest BCUT2D eigenvalue weighted by Gasteiger charge is -2.06. The molecule has 0 saturated carbocycles. The quantitative estimate of drug-likeness (QED) is 0.452. The summed E-state index contributed by atoms with van der Waals surface area (Å²) in [6, 6.07) is 17.0. The molecule has 0 spiro atoms. The van der Waals surface area contributed by atoms with Crippen LogP contribution in [0.25, 0.3) is 6.08 Å². The predicted molar refractivity (Wildman–Crippen MR) is 103 cm³/mol. The molecule has 0 radical (unpaired) electrons. The Bertz CT molecular complexity index is 783. The number of carbonyl (C=O) groups excluding carboxylic acids is 1. The Labute approximate surface area is 152 Å². The van der Waals surface area contributed by atoms with E-state index in [-0.39, 0.29) is 12.5 Å². The number of ether oxygens (including phenoxy) is 1. The zero-order valence-electron chi connectivity index (χ0n) is 13.9. The maximum absolute atomic E-state index is 11.7. The summed E-state index contributed by atoms with van der Waals surface area (Å²) in [6.45, 7) is 1.64. The number of carbonyl (C=O) groups is 1. The van der Waals surface area contributed by atoms with Crippen molar-refractivity contribution in [2.45, 2.75) is 6.92 Å². The third-order valence-corrected chi connectivity index (χ3v) is 3.40. The summed E-state index contributed by atoms with van der Waals surface area (Å²) in [7, 11) is 0. The van der Waals surface area contributed by atoms with Crippen LogP contribution in [0.1, 0.15) is 12.5 Å². The standard InChI is InChI=1S/C20H19ClN2O2/c1-16(9-5-6-12-17-10-3-2-4-11-17)22-23-20(24)15-25-19-14-8-7-13-18(19)21/h2-14H,15H2,1H3,(H,23,24)/b9-5+,12-6+,22-16+. The van der Waals surface area contributed by atoms with Crippen molar-refractivity contribution < 1.29 is 9.53 Å². The molecular formula is C20H19ClN2O2. The van der Waals surface area contributed by atoms with Crippen LogP contribution >= 0.6 is 11.6 Å². The van der Waals surface area contributed by atoms with Gasteiger partial charge in [0.15, 0.2) is 6.61 Å². The molecule has 2 aromatic rings. The number of hydrogen-bond acceptors (Lipinski definition) is 3. The largest absolute Gasteiger partial charge is 0.482 e. The van der Waals surface area contributed by atoms with Crippen LogP contribution in [0.5, 0.6) is 5.75 Å². The van der Waals surface area contributed by atoms with E-state index in [0.717, 1.165) is 5.56 Å². The van der Waals surface area contributed by atoms with Crippen LogP contribution in [-0.2, 0) is 4.79 Å². The molecular weight excluding hydrogens is 336 g/mol. The van der Waals surface area contributed by atoms with Crippen molar-refractivity contribution in [3.05, 3.63) is 83.4 Å². The van der Waals surface area contributed by atoms with Crippen molar-refractivity contribution >= 4 is 29.3 Å². The van der Waals surface area contributed by atoms with Gasteiger partial charge in [-0.1, -0.05) is 72.3 Å². The summed E-state index contributed by atoms with van der Waals surface area (Å²) in [6.07, 6.45) is 7.56. The van der Waals surface area contributed by atoms with Crippen molar-refractivity contribution in [1.29, 1.82) is 0 Å². The third-order valence-electron chi connectivity index (χ3n) is 3.09. The molecule has 5 heteroatoms. The lowest BCUT2D eigenvalue weighted by atomic mass is 10.2. The van der Waals surface area contributed by atoms with Crippen LogP contribution in [0.15, 0.2) is 77.9 Å². The zero-order valence-corrected chi connectivity index (χ0v) is 14.6. The molecule has 2 rings (SSSR count). The molecule has 0 aliphatic rings. The number of hydrogen-bond donors (Lipinski definition) is 1. The summed E-state index contributed by atoms with van der Waals surface area (Å²) in [5.41, 5.74) is 4.22. The molecule has 2 aromatic carbocycles. The van der Waals surface area contributed by atoms with Gasteiger partial charge in [-0.3, -0.25) is 4.79 Å². The molecule has 4 nitrogen and oxygen atoms in total. The van der Waals surface area contributed by atoms with E-state index in [0.29, 0.717) is 16.5 Å². The monoisotopic (exact) mass is 354 g/mol. The smallest absolute Gasteiger partial charge is 0.277 e. The second-order valence-corrected chi connectivity index (χ2v) is 5.54. The van der Waals surface area contributed by atoms with Gasteiger partial charge < -0.3 is 4.74 Å². The first-order valence-corrected chi connectivity index (χ1v) is 8.13. The minimum Gasteiger partial charge on any atom is -0.482 e. The number of para-hydroxylation sites is 1. The van der Waals surface area contributed by atoms with Crippen molar-refractivity contribution in [1.82, 2.24) is 5.43 Å². The molecule has 128 valence electrons. The summed E-state index contributed by atoms with van der Waals surface area (Å²) < 4.78 is 5.34. The molecule has 0 bridgehead atoms. The summed E-state index contributed by atoms with van der Waals surface area (Å²) >= 11 is 5.95. The van der Waals surface area contributed by atoms with Crippen LogP contribution in [0.2, 0.25) is 5.02 Å². The molecule has 0 aromatic heterocycles. The first kappa shape index (κ1) is 18.5. The van der Waals surface area contributed by atoms with Crippen molar-refractivity contribution in [3.63, 3.8) is 0 Å². The van der Waals surface area contributed by atoms with Crippen LogP contribution in [-0.4, -0.2) is 18.2 Å². The fourth-order valence-electron chi connectivity index (χ4n) is 1.85. The number of benzene rings is 2. The Morgan fingerprint density at radius 3 is 2.60 bits per heavy atom. The lowest BCUT2D eigenvalue weighted by molar-refractivity contribution is -0.123. The van der Waals surface area contributed by atoms with Gasteiger partial charge in [0.2, 0.25) is 0 Å². The number of halogens is 1. The van der Waals surface area contributed by atoms with E-state index in [1.807, 2.05) is 48.6 Å². The summed E-state index contributed by atoms with van der Waals surface area (Å²) in [5, 5.41) is 4.45. The van der Waals surface area contributed by atoms with Gasteiger partial charge in [-0.15, -0.1) is 0 Å². The number of nitrogens with one attached hydrogen (secondary N) is 1. The Hall–Kier alpha value is -2.85. The highest BCUT2D eigenvalue weighted by Gasteiger charge is 2.04. The molecule has 0 aliphatic carbocycles. The number of nitrogens with zero attached hydrogens (tertiary/aromatic N) is 1. The maximum Gasteiger partial charge on any atom is 0.277 e. The topological polar surface area (TPSA) is 50.7 Å². The van der Waals surface area contributed by atoms with E-state index in [4.69, 9.17) is 16.3 Å². The zero-order chi connectivity index (χ0) is 17.9. The molecule has 1 N–H and O–H groups in total. The second kappa shape index (κ2) is 10.1.